The molecule has 4 nitrogen and oxygen atoms in total. The lowest BCUT2D eigenvalue weighted by molar-refractivity contribution is 0.766. The lowest BCUT2D eigenvalue weighted by Crippen LogP contribution is -2.16. The quantitative estimate of drug-likeness (QED) is 0.780. The van der Waals surface area contributed by atoms with Crippen LogP contribution < -0.4 is 4.90 Å². The van der Waals surface area contributed by atoms with Crippen molar-refractivity contribution in [3.8, 4) is 0 Å². The predicted molar refractivity (Wildman–Crippen MR) is 69.1 cm³/mol. The second-order valence-corrected chi connectivity index (χ2v) is 4.28. The molecule has 5 heteroatoms. The highest BCUT2D eigenvalue weighted by atomic mass is 35.5. The molecular weight excluding hydrogens is 236 g/mol. The molecule has 2 rings (SSSR count). The fourth-order valence-corrected chi connectivity index (χ4v) is 1.84. The average molecular weight is 251 g/mol. The van der Waals surface area contributed by atoms with Crippen LogP contribution in [0.5, 0.6) is 0 Å². The Balaban J connectivity index is 2.11. The first kappa shape index (κ1) is 11.9. The summed E-state index contributed by atoms with van der Waals surface area (Å²) in [6, 6.07) is 3.98. The minimum absolute atomic E-state index is 0.439. The first-order chi connectivity index (χ1) is 8.19. The summed E-state index contributed by atoms with van der Waals surface area (Å²) < 4.78 is 1.81. The number of nitrogens with zero attached hydrogens (tertiary/aromatic N) is 4. The maximum absolute atomic E-state index is 5.77. The molecule has 0 saturated heterocycles. The molecule has 2 heterocycles. The molecule has 0 spiro atoms. The Morgan fingerprint density at radius 1 is 1.47 bits per heavy atom. The van der Waals surface area contributed by atoms with Gasteiger partial charge in [0.25, 0.3) is 0 Å². The molecule has 0 aliphatic carbocycles. The van der Waals surface area contributed by atoms with E-state index in [1.807, 2.05) is 38.6 Å². The van der Waals surface area contributed by atoms with Crippen LogP contribution in [0.2, 0.25) is 0 Å². The molecule has 0 radical (unpaired) electrons. The zero-order valence-electron chi connectivity index (χ0n) is 9.97. The third-order valence-electron chi connectivity index (χ3n) is 2.56. The fraction of sp³-hybridized carbons (Fsp3) is 0.333. The lowest BCUT2D eigenvalue weighted by atomic mass is 10.2. The predicted octanol–water partition coefficient (Wildman–Crippen LogP) is 2.19. The molecule has 0 saturated carbocycles. The van der Waals surface area contributed by atoms with E-state index in [4.69, 9.17) is 11.6 Å². The van der Waals surface area contributed by atoms with Crippen molar-refractivity contribution in [2.75, 3.05) is 11.9 Å². The van der Waals surface area contributed by atoms with Crippen molar-refractivity contribution in [1.29, 1.82) is 0 Å². The van der Waals surface area contributed by atoms with Gasteiger partial charge in [-0.1, -0.05) is 0 Å². The van der Waals surface area contributed by atoms with Gasteiger partial charge in [0.05, 0.1) is 17.8 Å². The van der Waals surface area contributed by atoms with Gasteiger partial charge >= 0.3 is 0 Å². The molecule has 2 aromatic heterocycles. The molecule has 2 aromatic rings. The van der Waals surface area contributed by atoms with E-state index in [0.29, 0.717) is 5.88 Å². The van der Waals surface area contributed by atoms with Gasteiger partial charge in [-0.25, -0.2) is 0 Å². The topological polar surface area (TPSA) is 34.0 Å². The van der Waals surface area contributed by atoms with Crippen molar-refractivity contribution in [2.24, 2.45) is 7.05 Å². The van der Waals surface area contributed by atoms with Gasteiger partial charge in [-0.05, 0) is 12.1 Å². The number of halogens is 1. The first-order valence-corrected chi connectivity index (χ1v) is 5.92. The van der Waals surface area contributed by atoms with Gasteiger partial charge in [-0.15, -0.1) is 11.6 Å². The lowest BCUT2D eigenvalue weighted by Gasteiger charge is -2.18. The van der Waals surface area contributed by atoms with Gasteiger partial charge in [0.15, 0.2) is 0 Å². The number of hydrogen-bond donors (Lipinski definition) is 0. The zero-order chi connectivity index (χ0) is 12.3. The third kappa shape index (κ3) is 2.97. The normalized spacial score (nSPS) is 10.5. The molecule has 17 heavy (non-hydrogen) atoms. The second kappa shape index (κ2) is 5.19. The van der Waals surface area contributed by atoms with Crippen LogP contribution in [0.4, 0.5) is 5.69 Å². The highest BCUT2D eigenvalue weighted by molar-refractivity contribution is 6.16. The summed E-state index contributed by atoms with van der Waals surface area (Å²) in [5.41, 5.74) is 3.18. The van der Waals surface area contributed by atoms with Crippen LogP contribution in [-0.4, -0.2) is 21.8 Å². The molecule has 0 amide bonds. The monoisotopic (exact) mass is 250 g/mol. The van der Waals surface area contributed by atoms with Crippen LogP contribution in [0.25, 0.3) is 0 Å². The summed E-state index contributed by atoms with van der Waals surface area (Å²) in [5.74, 6) is 0.439. The smallest absolute Gasteiger partial charge is 0.0648 e. The highest BCUT2D eigenvalue weighted by Gasteiger charge is 2.04. The molecule has 0 aliphatic heterocycles. The van der Waals surface area contributed by atoms with Crippen LogP contribution in [0, 0.1) is 0 Å². The van der Waals surface area contributed by atoms with Crippen molar-refractivity contribution in [3.63, 3.8) is 0 Å². The van der Waals surface area contributed by atoms with Crippen molar-refractivity contribution >= 4 is 17.3 Å². The fourth-order valence-electron chi connectivity index (χ4n) is 1.69. The van der Waals surface area contributed by atoms with Crippen LogP contribution >= 0.6 is 11.6 Å². The Morgan fingerprint density at radius 3 is 2.94 bits per heavy atom. The minimum atomic E-state index is 0.439. The van der Waals surface area contributed by atoms with E-state index in [1.165, 1.54) is 5.56 Å². The molecule has 0 N–H and O–H groups in total. The summed E-state index contributed by atoms with van der Waals surface area (Å²) in [4.78, 5) is 6.32. The minimum Gasteiger partial charge on any atom is -0.370 e. The first-order valence-electron chi connectivity index (χ1n) is 5.38. The van der Waals surface area contributed by atoms with Gasteiger partial charge in [0.2, 0.25) is 0 Å². The van der Waals surface area contributed by atoms with E-state index in [1.54, 1.807) is 10.9 Å². The zero-order valence-corrected chi connectivity index (χ0v) is 10.7. The summed E-state index contributed by atoms with van der Waals surface area (Å²) in [7, 11) is 3.96. The molecule has 0 bridgehead atoms. The van der Waals surface area contributed by atoms with Crippen molar-refractivity contribution in [1.82, 2.24) is 14.8 Å². The van der Waals surface area contributed by atoms with Crippen LogP contribution in [0.15, 0.2) is 30.7 Å². The number of rotatable bonds is 4. The molecular formula is C12H15ClN4. The van der Waals surface area contributed by atoms with Crippen molar-refractivity contribution in [3.05, 3.63) is 42.0 Å². The molecule has 0 aromatic carbocycles. The van der Waals surface area contributed by atoms with E-state index in [0.717, 1.165) is 17.9 Å². The van der Waals surface area contributed by atoms with Gasteiger partial charge in [0.1, 0.15) is 0 Å². The Morgan fingerprint density at radius 2 is 2.29 bits per heavy atom. The number of anilines is 1. The standard InChI is InChI=1S/C12H15ClN4/c1-16(8-10-7-15-17(2)9-10)12-3-4-14-11(5-12)6-13/h3-5,7,9H,6,8H2,1-2H3. The van der Waals surface area contributed by atoms with E-state index in [-0.39, 0.29) is 0 Å². The molecule has 0 aliphatic rings. The van der Waals surface area contributed by atoms with E-state index >= 15 is 0 Å². The van der Waals surface area contributed by atoms with Crippen LogP contribution in [0.1, 0.15) is 11.3 Å². The van der Waals surface area contributed by atoms with Crippen molar-refractivity contribution in [2.45, 2.75) is 12.4 Å². The Hall–Kier alpha value is -1.55. The highest BCUT2D eigenvalue weighted by Crippen LogP contribution is 2.16. The molecule has 0 unspecified atom stereocenters. The largest absolute Gasteiger partial charge is 0.370 e. The molecule has 90 valence electrons. The summed E-state index contributed by atoms with van der Waals surface area (Å²) >= 11 is 5.77. The second-order valence-electron chi connectivity index (χ2n) is 4.02. The third-order valence-corrected chi connectivity index (χ3v) is 2.83. The van der Waals surface area contributed by atoms with E-state index < -0.39 is 0 Å². The van der Waals surface area contributed by atoms with Gasteiger partial charge in [-0.2, -0.15) is 5.10 Å². The molecule has 0 atom stereocenters. The maximum atomic E-state index is 5.77. The molecule has 0 fully saturated rings. The van der Waals surface area contributed by atoms with E-state index in [2.05, 4.69) is 15.0 Å². The number of pyridine rings is 1. The SMILES string of the molecule is CN(Cc1cnn(C)c1)c1ccnc(CCl)c1. The van der Waals surface area contributed by atoms with Crippen LogP contribution in [0.3, 0.4) is 0 Å². The Kier molecular flexibility index (Phi) is 3.64. The van der Waals surface area contributed by atoms with E-state index in [9.17, 15) is 0 Å². The van der Waals surface area contributed by atoms with Crippen molar-refractivity contribution < 1.29 is 0 Å². The Labute approximate surface area is 106 Å². The van der Waals surface area contributed by atoms with Crippen LogP contribution in [-0.2, 0) is 19.5 Å². The summed E-state index contributed by atoms with van der Waals surface area (Å²) in [6.45, 7) is 0.819. The van der Waals surface area contributed by atoms with Gasteiger partial charge in [0, 0.05) is 44.3 Å². The van der Waals surface area contributed by atoms with Gasteiger partial charge < -0.3 is 4.90 Å². The number of aromatic nitrogens is 3. The van der Waals surface area contributed by atoms with Gasteiger partial charge in [-0.3, -0.25) is 9.67 Å². The summed E-state index contributed by atoms with van der Waals surface area (Å²) in [6.07, 6.45) is 5.67. The Bertz CT molecular complexity index is 495. The number of hydrogen-bond acceptors (Lipinski definition) is 3. The number of alkyl halides is 1. The average Bonchev–Trinajstić information content (AvgIpc) is 2.75. The number of aryl methyl sites for hydroxylation is 1. The summed E-state index contributed by atoms with van der Waals surface area (Å²) in [5, 5.41) is 4.15. The maximum Gasteiger partial charge on any atom is 0.0648 e.